The molecule has 0 radical (unpaired) electrons. The molecule has 4 fully saturated rings. The lowest BCUT2D eigenvalue weighted by molar-refractivity contribution is -0.181. The molecule has 7 heteroatoms. The van der Waals surface area contributed by atoms with Gasteiger partial charge in [-0.05, 0) is 101 Å². The molecule has 2 aromatic heterocycles. The molecule has 1 aliphatic carbocycles. The lowest BCUT2D eigenvalue weighted by Crippen LogP contribution is -2.65. The third-order valence-corrected chi connectivity index (χ3v) is 11.9. The van der Waals surface area contributed by atoms with Crippen molar-refractivity contribution in [2.75, 3.05) is 26.2 Å². The second-order valence-corrected chi connectivity index (χ2v) is 14.3. The number of aromatic hydroxyl groups is 1. The Kier molecular flexibility index (Phi) is 5.83. The van der Waals surface area contributed by atoms with Crippen molar-refractivity contribution >= 4 is 33.2 Å². The maximum Gasteiger partial charge on any atom is 0.139 e. The number of para-hydroxylation sites is 1. The highest BCUT2D eigenvalue weighted by molar-refractivity contribution is 6.11. The third-order valence-electron chi connectivity index (χ3n) is 11.9. The van der Waals surface area contributed by atoms with E-state index in [1.165, 1.54) is 18.4 Å². The Balaban J connectivity index is 1.28. The number of piperidine rings is 1. The summed E-state index contributed by atoms with van der Waals surface area (Å²) in [7, 11) is 0. The number of aromatic amines is 1. The molecule has 1 spiro atoms. The highest BCUT2D eigenvalue weighted by Gasteiger charge is 2.77. The predicted molar refractivity (Wildman–Crippen MR) is 168 cm³/mol. The largest absolute Gasteiger partial charge is 0.506 e. The van der Waals surface area contributed by atoms with Gasteiger partial charge in [-0.15, -0.1) is 0 Å². The molecule has 6 aliphatic rings. The third kappa shape index (κ3) is 3.71. The first-order valence-corrected chi connectivity index (χ1v) is 16.7. The number of carbonyl (C=O) groups excluding carboxylic acids is 1. The first kappa shape index (κ1) is 26.4. The van der Waals surface area contributed by atoms with Gasteiger partial charge in [0.1, 0.15) is 22.9 Å². The first-order chi connectivity index (χ1) is 21.0. The normalized spacial score (nSPS) is 38.6. The van der Waals surface area contributed by atoms with Crippen molar-refractivity contribution in [3.63, 3.8) is 0 Å². The number of fused-ring (bicyclic) bond motifs is 4. The number of phenols is 1. The Morgan fingerprint density at radius 1 is 1.00 bits per heavy atom. The van der Waals surface area contributed by atoms with Gasteiger partial charge in [0.15, 0.2) is 0 Å². The van der Waals surface area contributed by atoms with Crippen LogP contribution in [-0.2, 0) is 9.53 Å². The average Bonchev–Trinajstić information content (AvgIpc) is 3.57. The van der Waals surface area contributed by atoms with Crippen LogP contribution in [0.4, 0.5) is 0 Å². The predicted octanol–water partition coefficient (Wildman–Crippen LogP) is 6.33. The number of carbonyl (C=O) groups is 1. The molecule has 0 saturated carbocycles. The maximum absolute atomic E-state index is 13.3. The van der Waals surface area contributed by atoms with E-state index >= 15 is 0 Å². The van der Waals surface area contributed by atoms with E-state index < -0.39 is 11.3 Å². The molecular weight excluding hydrogens is 536 g/mol. The monoisotopic (exact) mass is 578 g/mol. The SMILES string of the molecule is O=C1CCCCN2[C@H]3[C@]45CN6CCCC/C=C\CC[C@]3(C=C(c3nccc7c3[nH]c3c(O)cccc37)[C@H]4CC6)O[C@@]2(C1)C5. The van der Waals surface area contributed by atoms with Crippen LogP contribution in [-0.4, -0.2) is 74.2 Å². The number of nitrogens with one attached hydrogen (secondary N) is 1. The molecule has 1 unspecified atom stereocenters. The van der Waals surface area contributed by atoms with Crippen LogP contribution in [0.2, 0.25) is 0 Å². The molecule has 0 amide bonds. The molecule has 5 bridgehead atoms. The van der Waals surface area contributed by atoms with Gasteiger partial charge < -0.3 is 19.7 Å². The molecule has 5 aliphatic heterocycles. The van der Waals surface area contributed by atoms with E-state index in [1.807, 2.05) is 12.3 Å². The summed E-state index contributed by atoms with van der Waals surface area (Å²) in [4.78, 5) is 27.5. The van der Waals surface area contributed by atoms with Crippen LogP contribution in [0.25, 0.3) is 27.4 Å². The number of rotatable bonds is 1. The van der Waals surface area contributed by atoms with Crippen LogP contribution in [0.3, 0.4) is 0 Å². The highest BCUT2D eigenvalue weighted by Crippen LogP contribution is 2.70. The van der Waals surface area contributed by atoms with Gasteiger partial charge >= 0.3 is 0 Å². The fourth-order valence-corrected chi connectivity index (χ4v) is 10.5. The zero-order valence-electron chi connectivity index (χ0n) is 25.0. The van der Waals surface area contributed by atoms with Gasteiger partial charge in [-0.25, -0.2) is 0 Å². The van der Waals surface area contributed by atoms with Crippen molar-refractivity contribution in [1.29, 1.82) is 0 Å². The molecular formula is C36H42N4O3. The Morgan fingerprint density at radius 3 is 2.84 bits per heavy atom. The number of ketones is 1. The topological polar surface area (TPSA) is 81.7 Å². The molecule has 224 valence electrons. The van der Waals surface area contributed by atoms with E-state index in [4.69, 9.17) is 9.72 Å². The fraction of sp³-hybridized carbons (Fsp3) is 0.556. The maximum atomic E-state index is 13.3. The Labute approximate surface area is 253 Å². The van der Waals surface area contributed by atoms with Crippen LogP contribution < -0.4 is 0 Å². The van der Waals surface area contributed by atoms with E-state index in [-0.39, 0.29) is 17.2 Å². The highest BCUT2D eigenvalue weighted by atomic mass is 16.6. The quantitative estimate of drug-likeness (QED) is 0.329. The van der Waals surface area contributed by atoms with Gasteiger partial charge in [-0.3, -0.25) is 14.7 Å². The Hall–Kier alpha value is -3.00. The van der Waals surface area contributed by atoms with E-state index in [2.05, 4.69) is 45.1 Å². The molecule has 1 aromatic carbocycles. The summed E-state index contributed by atoms with van der Waals surface area (Å²) < 4.78 is 7.47. The number of aromatic nitrogens is 2. The van der Waals surface area contributed by atoms with Crippen molar-refractivity contribution in [1.82, 2.24) is 19.8 Å². The summed E-state index contributed by atoms with van der Waals surface area (Å²) in [5.41, 5.74) is 3.12. The van der Waals surface area contributed by atoms with E-state index in [0.29, 0.717) is 24.5 Å². The van der Waals surface area contributed by atoms with Crippen LogP contribution in [0.15, 0.2) is 48.7 Å². The van der Waals surface area contributed by atoms with Crippen LogP contribution >= 0.6 is 0 Å². The molecule has 9 rings (SSSR count). The van der Waals surface area contributed by atoms with Gasteiger partial charge in [0, 0.05) is 48.3 Å². The smallest absolute Gasteiger partial charge is 0.139 e. The summed E-state index contributed by atoms with van der Waals surface area (Å²) in [5.74, 6) is 0.974. The van der Waals surface area contributed by atoms with Crippen molar-refractivity contribution in [2.24, 2.45) is 11.3 Å². The average molecular weight is 579 g/mol. The molecule has 43 heavy (non-hydrogen) atoms. The lowest BCUT2D eigenvalue weighted by atomic mass is 9.53. The number of pyridine rings is 1. The second-order valence-electron chi connectivity index (χ2n) is 14.3. The number of nitrogens with zero attached hydrogens (tertiary/aromatic N) is 3. The second kappa shape index (κ2) is 9.50. The summed E-state index contributed by atoms with van der Waals surface area (Å²) in [5, 5.41) is 12.9. The number of hydrogen-bond acceptors (Lipinski definition) is 6. The van der Waals surface area contributed by atoms with Gasteiger partial charge in [0.05, 0.1) is 22.8 Å². The van der Waals surface area contributed by atoms with E-state index in [0.717, 1.165) is 98.6 Å². The minimum absolute atomic E-state index is 0.000963. The van der Waals surface area contributed by atoms with Crippen LogP contribution in [0.1, 0.15) is 76.3 Å². The molecule has 3 aromatic rings. The number of allylic oxidation sites excluding steroid dienone is 3. The zero-order valence-corrected chi connectivity index (χ0v) is 25.0. The summed E-state index contributed by atoms with van der Waals surface area (Å²) in [6, 6.07) is 8.08. The number of benzene rings is 1. The summed E-state index contributed by atoms with van der Waals surface area (Å²) >= 11 is 0. The molecule has 7 heterocycles. The van der Waals surface area contributed by atoms with Crippen molar-refractivity contribution in [2.45, 2.75) is 88.0 Å². The van der Waals surface area contributed by atoms with Crippen LogP contribution in [0, 0.1) is 11.3 Å². The fourth-order valence-electron chi connectivity index (χ4n) is 10.5. The first-order valence-electron chi connectivity index (χ1n) is 16.7. The standard InChI is InChI=1S/C36H42N4O3/c41-24-10-5-8-18-40-33-34-22-36(40,20-24)43-35(33)15-6-3-1-2-4-7-17-39(23-34)19-14-28(34)27(21-35)31-32-26(13-16-37-31)25-11-9-12-29(42)30(25)38-32/h1,3,9,11-13,16,21,28,33,38,42H,2,4-8,10,14-15,17-20,22-23H2/b3-1-/t28-,33+,34-,35-,36+/m1/s1. The molecule has 2 N–H and O–H groups in total. The summed E-state index contributed by atoms with van der Waals surface area (Å²) in [6.07, 6.45) is 20.0. The van der Waals surface area contributed by atoms with Crippen molar-refractivity contribution in [3.05, 3.63) is 54.4 Å². The number of Topliss-reactive ketones (excluding diaryl/α,β-unsaturated/α-hetero) is 1. The van der Waals surface area contributed by atoms with E-state index in [1.54, 1.807) is 6.07 Å². The Morgan fingerprint density at radius 2 is 1.88 bits per heavy atom. The summed E-state index contributed by atoms with van der Waals surface area (Å²) in [6.45, 7) is 4.31. The van der Waals surface area contributed by atoms with Crippen molar-refractivity contribution in [3.8, 4) is 5.75 Å². The van der Waals surface area contributed by atoms with Crippen LogP contribution in [0.5, 0.6) is 5.75 Å². The van der Waals surface area contributed by atoms with E-state index in [9.17, 15) is 9.90 Å². The van der Waals surface area contributed by atoms with Gasteiger partial charge in [-0.1, -0.05) is 24.3 Å². The molecule has 4 saturated heterocycles. The minimum atomic E-state index is -0.498. The van der Waals surface area contributed by atoms with Crippen molar-refractivity contribution < 1.29 is 14.6 Å². The Bertz CT molecular complexity index is 1690. The van der Waals surface area contributed by atoms with Gasteiger partial charge in [-0.2, -0.15) is 0 Å². The number of H-pyrrole nitrogens is 1. The van der Waals surface area contributed by atoms with Gasteiger partial charge in [0.25, 0.3) is 0 Å². The number of ether oxygens (including phenoxy) is 1. The zero-order chi connectivity index (χ0) is 28.8. The molecule has 7 nitrogen and oxygen atoms in total. The lowest BCUT2D eigenvalue weighted by Gasteiger charge is -2.59. The van der Waals surface area contributed by atoms with Gasteiger partial charge in [0.2, 0.25) is 0 Å². The number of phenolic OH excluding ortho intramolecular Hbond substituents is 1. The number of hydrogen-bond donors (Lipinski definition) is 2. The minimum Gasteiger partial charge on any atom is -0.506 e. The molecule has 6 atom stereocenters.